The zero-order chi connectivity index (χ0) is 32.6. The Morgan fingerprint density at radius 2 is 1.57 bits per heavy atom. The van der Waals surface area contributed by atoms with E-state index in [4.69, 9.17) is 11.6 Å². The number of piperidine rings is 1. The van der Waals surface area contributed by atoms with Crippen molar-refractivity contribution in [2.24, 2.45) is 0 Å². The molecule has 3 N–H and O–H groups in total. The van der Waals surface area contributed by atoms with Crippen molar-refractivity contribution in [3.05, 3.63) is 100 Å². The van der Waals surface area contributed by atoms with Gasteiger partial charge >= 0.3 is 0 Å². The molecule has 0 spiro atoms. The van der Waals surface area contributed by atoms with Gasteiger partial charge in [0.25, 0.3) is 5.91 Å². The van der Waals surface area contributed by atoms with Crippen LogP contribution in [0.4, 0.5) is 5.69 Å². The number of nitrogens with zero attached hydrogens (tertiary/aromatic N) is 3. The standard InChI is InChI=1S/C37H45ClN6O3/c38-29-14-12-27(13-15-29)26-32(41-36(46)34-30-9-3-2-8-28(30)16-17-39-34)37(47)44-24-22-43(23-25-44)33-11-5-4-10-31(33)35(45)40-18-21-42-19-6-1-7-20-42/h2-5,8-15,32,34,39H,1,6-7,16-26H2,(H,40,45)(H,41,46)/t32-,34?/m1/s1. The van der Waals surface area contributed by atoms with Crippen LogP contribution >= 0.6 is 11.6 Å². The number of rotatable bonds is 10. The van der Waals surface area contributed by atoms with Gasteiger partial charge in [-0.1, -0.05) is 66.6 Å². The second-order valence-electron chi connectivity index (χ2n) is 12.7. The number of amides is 3. The highest BCUT2D eigenvalue weighted by atomic mass is 35.5. The Morgan fingerprint density at radius 1 is 0.851 bits per heavy atom. The first-order valence-electron chi connectivity index (χ1n) is 17.0. The third-order valence-corrected chi connectivity index (χ3v) is 9.83. The lowest BCUT2D eigenvalue weighted by molar-refractivity contribution is -0.137. The second-order valence-corrected chi connectivity index (χ2v) is 13.2. The summed E-state index contributed by atoms with van der Waals surface area (Å²) < 4.78 is 0. The van der Waals surface area contributed by atoms with Crippen molar-refractivity contribution in [1.82, 2.24) is 25.8 Å². The summed E-state index contributed by atoms with van der Waals surface area (Å²) >= 11 is 6.13. The Kier molecular flexibility index (Phi) is 11.1. The largest absolute Gasteiger partial charge is 0.367 e. The van der Waals surface area contributed by atoms with Gasteiger partial charge in [0, 0.05) is 62.9 Å². The Labute approximate surface area is 282 Å². The fourth-order valence-corrected chi connectivity index (χ4v) is 7.11. The molecular formula is C37H45ClN6O3. The van der Waals surface area contributed by atoms with Crippen molar-refractivity contribution >= 4 is 35.0 Å². The molecule has 2 atom stereocenters. The molecule has 3 aliphatic rings. The summed E-state index contributed by atoms with van der Waals surface area (Å²) in [5.41, 5.74) is 4.56. The molecule has 0 radical (unpaired) electrons. The molecule has 0 saturated carbocycles. The first-order valence-corrected chi connectivity index (χ1v) is 17.3. The third-order valence-electron chi connectivity index (χ3n) is 9.58. The Bertz CT molecular complexity index is 1540. The smallest absolute Gasteiger partial charge is 0.253 e. The molecule has 0 aromatic heterocycles. The van der Waals surface area contributed by atoms with E-state index in [1.807, 2.05) is 59.5 Å². The Hall–Kier alpha value is -3.92. The molecule has 0 aliphatic carbocycles. The summed E-state index contributed by atoms with van der Waals surface area (Å²) in [5.74, 6) is -0.385. The second kappa shape index (κ2) is 15.8. The number of para-hydroxylation sites is 1. The van der Waals surface area contributed by atoms with Gasteiger partial charge in [-0.2, -0.15) is 0 Å². The van der Waals surface area contributed by atoms with Gasteiger partial charge in [0.15, 0.2) is 0 Å². The lowest BCUT2D eigenvalue weighted by atomic mass is 9.93. The molecule has 2 saturated heterocycles. The number of piperazine rings is 1. The zero-order valence-corrected chi connectivity index (χ0v) is 27.7. The van der Waals surface area contributed by atoms with Gasteiger partial charge in [0.2, 0.25) is 11.8 Å². The molecule has 1 unspecified atom stereocenters. The van der Waals surface area contributed by atoms with Crippen LogP contribution in [0.2, 0.25) is 5.02 Å². The van der Waals surface area contributed by atoms with E-state index in [-0.39, 0.29) is 17.7 Å². The molecule has 47 heavy (non-hydrogen) atoms. The predicted molar refractivity (Wildman–Crippen MR) is 186 cm³/mol. The van der Waals surface area contributed by atoms with E-state index in [0.717, 1.165) is 48.4 Å². The molecule has 6 rings (SSSR count). The predicted octanol–water partition coefficient (Wildman–Crippen LogP) is 3.82. The zero-order valence-electron chi connectivity index (χ0n) is 26.9. The van der Waals surface area contributed by atoms with Gasteiger partial charge in [0.1, 0.15) is 12.1 Å². The first-order chi connectivity index (χ1) is 23.0. The van der Waals surface area contributed by atoms with Crippen LogP contribution in [-0.2, 0) is 22.4 Å². The van der Waals surface area contributed by atoms with Crippen LogP contribution in [-0.4, -0.2) is 92.5 Å². The SMILES string of the molecule is O=C(NCCN1CCCCC1)c1ccccc1N1CCN(C(=O)[C@@H](Cc2ccc(Cl)cc2)NC(=O)C2NCCc3ccccc32)CC1. The van der Waals surface area contributed by atoms with Crippen LogP contribution in [0, 0.1) is 0 Å². The van der Waals surface area contributed by atoms with E-state index in [1.165, 1.54) is 19.3 Å². The van der Waals surface area contributed by atoms with E-state index in [2.05, 4.69) is 31.8 Å². The summed E-state index contributed by atoms with van der Waals surface area (Å²) in [6.07, 6.45) is 4.97. The fourth-order valence-electron chi connectivity index (χ4n) is 6.99. The highest BCUT2D eigenvalue weighted by Gasteiger charge is 2.33. The molecule has 10 heteroatoms. The number of benzene rings is 3. The number of nitrogens with one attached hydrogen (secondary N) is 3. The lowest BCUT2D eigenvalue weighted by Gasteiger charge is -2.38. The van der Waals surface area contributed by atoms with Gasteiger partial charge in [-0.15, -0.1) is 0 Å². The molecule has 9 nitrogen and oxygen atoms in total. The Morgan fingerprint density at radius 3 is 2.36 bits per heavy atom. The molecule has 2 fully saturated rings. The average molecular weight is 657 g/mol. The van der Waals surface area contributed by atoms with Crippen LogP contribution in [0.3, 0.4) is 0 Å². The fraction of sp³-hybridized carbons (Fsp3) is 0.432. The van der Waals surface area contributed by atoms with E-state index in [1.54, 1.807) is 12.1 Å². The maximum Gasteiger partial charge on any atom is 0.253 e. The topological polar surface area (TPSA) is 97.0 Å². The van der Waals surface area contributed by atoms with Gasteiger partial charge in [-0.25, -0.2) is 0 Å². The third kappa shape index (κ3) is 8.33. The van der Waals surface area contributed by atoms with E-state index in [0.29, 0.717) is 56.3 Å². The Balaban J connectivity index is 1.10. The van der Waals surface area contributed by atoms with Gasteiger partial charge < -0.3 is 30.7 Å². The molecule has 3 heterocycles. The van der Waals surface area contributed by atoms with Crippen molar-refractivity contribution in [2.45, 2.75) is 44.2 Å². The average Bonchev–Trinajstić information content (AvgIpc) is 3.12. The summed E-state index contributed by atoms with van der Waals surface area (Å²) in [7, 11) is 0. The van der Waals surface area contributed by atoms with E-state index in [9.17, 15) is 14.4 Å². The monoisotopic (exact) mass is 656 g/mol. The normalized spacial score (nSPS) is 19.0. The number of hydrogen-bond donors (Lipinski definition) is 3. The summed E-state index contributed by atoms with van der Waals surface area (Å²) in [6.45, 7) is 6.54. The maximum absolute atomic E-state index is 14.1. The van der Waals surface area contributed by atoms with Crippen molar-refractivity contribution in [2.75, 3.05) is 63.8 Å². The summed E-state index contributed by atoms with van der Waals surface area (Å²) in [6, 6.07) is 21.8. The lowest BCUT2D eigenvalue weighted by Crippen LogP contribution is -2.57. The number of carbonyl (C=O) groups is 3. The van der Waals surface area contributed by atoms with Crippen molar-refractivity contribution in [3.63, 3.8) is 0 Å². The molecule has 0 bridgehead atoms. The first kappa shape index (κ1) is 33.0. The minimum Gasteiger partial charge on any atom is -0.367 e. The van der Waals surface area contributed by atoms with Gasteiger partial charge in [-0.3, -0.25) is 14.4 Å². The molecule has 3 aromatic rings. The molecular weight excluding hydrogens is 612 g/mol. The summed E-state index contributed by atoms with van der Waals surface area (Å²) in [4.78, 5) is 47.4. The number of fused-ring (bicyclic) bond motifs is 1. The minimum absolute atomic E-state index is 0.0697. The number of carbonyl (C=O) groups excluding carboxylic acids is 3. The van der Waals surface area contributed by atoms with Crippen LogP contribution in [0.25, 0.3) is 0 Å². The molecule has 3 amide bonds. The van der Waals surface area contributed by atoms with Gasteiger partial charge in [0.05, 0.1) is 5.56 Å². The quantitative estimate of drug-likeness (QED) is 0.307. The van der Waals surface area contributed by atoms with Crippen molar-refractivity contribution < 1.29 is 14.4 Å². The number of halogens is 1. The van der Waals surface area contributed by atoms with Crippen molar-refractivity contribution in [1.29, 1.82) is 0 Å². The van der Waals surface area contributed by atoms with E-state index < -0.39 is 12.1 Å². The highest BCUT2D eigenvalue weighted by Crippen LogP contribution is 2.25. The summed E-state index contributed by atoms with van der Waals surface area (Å²) in [5, 5.41) is 10.2. The van der Waals surface area contributed by atoms with Crippen LogP contribution in [0.15, 0.2) is 72.8 Å². The number of likely N-dealkylation sites (tertiary alicyclic amines) is 1. The van der Waals surface area contributed by atoms with Crippen LogP contribution < -0.4 is 20.9 Å². The number of anilines is 1. The van der Waals surface area contributed by atoms with Crippen LogP contribution in [0.1, 0.15) is 52.4 Å². The molecule has 248 valence electrons. The molecule has 3 aromatic carbocycles. The van der Waals surface area contributed by atoms with E-state index >= 15 is 0 Å². The minimum atomic E-state index is -0.732. The molecule has 3 aliphatic heterocycles. The van der Waals surface area contributed by atoms with Crippen LogP contribution in [0.5, 0.6) is 0 Å². The van der Waals surface area contributed by atoms with Crippen molar-refractivity contribution in [3.8, 4) is 0 Å². The maximum atomic E-state index is 14.1. The number of hydrogen-bond acceptors (Lipinski definition) is 6. The van der Waals surface area contributed by atoms with Gasteiger partial charge in [-0.05, 0) is 73.3 Å². The highest BCUT2D eigenvalue weighted by molar-refractivity contribution is 6.30.